The molecule has 0 radical (unpaired) electrons. The second-order valence-corrected chi connectivity index (χ2v) is 8.03. The van der Waals surface area contributed by atoms with E-state index in [1.54, 1.807) is 38.4 Å². The first-order valence-corrected chi connectivity index (χ1v) is 11.1. The monoisotopic (exact) mass is 508 g/mol. The van der Waals surface area contributed by atoms with Crippen molar-refractivity contribution >= 4 is 40.0 Å². The van der Waals surface area contributed by atoms with Crippen LogP contribution in [0.3, 0.4) is 0 Å². The van der Waals surface area contributed by atoms with Gasteiger partial charge in [-0.25, -0.2) is 30.6 Å². The topological polar surface area (TPSA) is 74.1 Å². The molecule has 0 aliphatic rings. The van der Waals surface area contributed by atoms with E-state index in [2.05, 4.69) is 38.4 Å². The third kappa shape index (κ3) is 4.13. The number of alkyl halides is 2. The van der Waals surface area contributed by atoms with E-state index >= 15 is 8.78 Å². The summed E-state index contributed by atoms with van der Waals surface area (Å²) in [6.45, 7) is 3.70. The predicted octanol–water partition coefficient (Wildman–Crippen LogP) is 4.35. The molecule has 0 fully saturated rings. The molecule has 1 aromatic carbocycles. The Labute approximate surface area is 212 Å². The number of nitrogens with one attached hydrogen (secondary N) is 2. The average molecular weight is 509 g/mol. The van der Waals surface area contributed by atoms with Crippen LogP contribution in [0.5, 0.6) is 0 Å². The van der Waals surface area contributed by atoms with Crippen LogP contribution in [0.4, 0.5) is 20.3 Å². The molecule has 0 bridgehead atoms. The fourth-order valence-electron chi connectivity index (χ4n) is 3.90. The second kappa shape index (κ2) is 9.91. The Morgan fingerprint density at radius 1 is 1.17 bits per heavy atom. The van der Waals surface area contributed by atoms with Gasteiger partial charge in [-0.3, -0.25) is 0 Å². The molecule has 184 valence electrons. The van der Waals surface area contributed by atoms with Gasteiger partial charge >= 0.3 is 6.05 Å². The normalized spacial score (nSPS) is 11.4. The molecule has 3 aromatic heterocycles. The summed E-state index contributed by atoms with van der Waals surface area (Å²) in [5, 5.41) is 7.19. The van der Waals surface area contributed by atoms with Crippen molar-refractivity contribution in [1.82, 2.24) is 30.6 Å². The van der Waals surface area contributed by atoms with Crippen LogP contribution in [-0.4, -0.2) is 40.9 Å². The van der Waals surface area contributed by atoms with E-state index < -0.39 is 6.05 Å². The molecule has 8 nitrogen and oxygen atoms in total. The minimum Gasteiger partial charge on any atom is -0.309 e. The summed E-state index contributed by atoms with van der Waals surface area (Å²) in [6.07, 6.45) is 11.1. The molecule has 0 amide bonds. The molecule has 4 aromatic rings. The van der Waals surface area contributed by atoms with Gasteiger partial charge in [-0.2, -0.15) is 13.9 Å². The van der Waals surface area contributed by atoms with Crippen LogP contribution in [-0.2, 0) is 6.05 Å². The number of nitrogens with zero attached hydrogens (tertiary/aromatic N) is 6. The number of anilines is 2. The molecule has 3 heterocycles. The van der Waals surface area contributed by atoms with Gasteiger partial charge in [0, 0.05) is 43.7 Å². The van der Waals surface area contributed by atoms with Crippen molar-refractivity contribution in [2.75, 3.05) is 31.2 Å². The summed E-state index contributed by atoms with van der Waals surface area (Å²) < 4.78 is 33.6. The molecule has 36 heavy (non-hydrogen) atoms. The van der Waals surface area contributed by atoms with Gasteiger partial charge in [0.15, 0.2) is 5.82 Å². The van der Waals surface area contributed by atoms with Crippen LogP contribution < -0.4 is 20.9 Å². The predicted molar refractivity (Wildman–Crippen MR) is 139 cm³/mol. The van der Waals surface area contributed by atoms with Gasteiger partial charge in [0.1, 0.15) is 11.4 Å². The Morgan fingerprint density at radius 3 is 2.56 bits per heavy atom. The second-order valence-electron chi connectivity index (χ2n) is 7.62. The van der Waals surface area contributed by atoms with Crippen LogP contribution >= 0.6 is 11.6 Å². The SMILES string of the molecule is C#Cc1nccc2c(-n3ncc(C=C)c3C(F)(F)N(C)c3cnc(N(NC)NC)c(Cl)c3)cccc12. The van der Waals surface area contributed by atoms with Gasteiger partial charge in [-0.15, -0.1) is 6.42 Å². The molecule has 11 heteroatoms. The lowest BCUT2D eigenvalue weighted by Gasteiger charge is -2.31. The third-order valence-corrected chi connectivity index (χ3v) is 6.00. The standard InChI is InChI=1S/C25H23ClF2N8/c1-6-16-14-33-35(22-10-8-9-18-19(22)11-12-31-21(18)7-2)23(16)25(27,28)34(5)17-13-20(26)24(32-15-17)36(29-3)30-4/h2,6,8-15,29-30H,1H2,3-5H3. The Kier molecular flexibility index (Phi) is 6.90. The molecule has 4 rings (SSSR count). The van der Waals surface area contributed by atoms with E-state index in [1.165, 1.54) is 47.6 Å². The number of hydrazine groups is 2. The molecule has 0 aliphatic carbocycles. The summed E-state index contributed by atoms with van der Waals surface area (Å²) >= 11 is 6.37. The van der Waals surface area contributed by atoms with Crippen molar-refractivity contribution in [2.45, 2.75) is 6.05 Å². The van der Waals surface area contributed by atoms with Gasteiger partial charge in [0.25, 0.3) is 0 Å². The fourth-order valence-corrected chi connectivity index (χ4v) is 4.14. The van der Waals surface area contributed by atoms with Crippen molar-refractivity contribution in [1.29, 1.82) is 0 Å². The highest BCUT2D eigenvalue weighted by atomic mass is 35.5. The molecule has 0 saturated heterocycles. The van der Waals surface area contributed by atoms with Crippen LogP contribution in [0.25, 0.3) is 22.5 Å². The smallest absolute Gasteiger partial charge is 0.309 e. The molecule has 0 saturated carbocycles. The fraction of sp³-hybridized carbons (Fsp3) is 0.160. The van der Waals surface area contributed by atoms with Crippen molar-refractivity contribution in [3.63, 3.8) is 0 Å². The molecule has 0 aliphatic heterocycles. The number of halogens is 3. The van der Waals surface area contributed by atoms with E-state index in [-0.39, 0.29) is 22.0 Å². The summed E-state index contributed by atoms with van der Waals surface area (Å²) in [6, 6.07) is 4.79. The molecule has 0 spiro atoms. The number of fused-ring (bicyclic) bond motifs is 1. The number of benzene rings is 1. The van der Waals surface area contributed by atoms with Crippen molar-refractivity contribution < 1.29 is 8.78 Å². The number of rotatable bonds is 8. The van der Waals surface area contributed by atoms with E-state index in [0.29, 0.717) is 28.0 Å². The summed E-state index contributed by atoms with van der Waals surface area (Å²) in [5.74, 6) is 2.86. The van der Waals surface area contributed by atoms with Crippen LogP contribution in [0.2, 0.25) is 5.02 Å². The van der Waals surface area contributed by atoms with Gasteiger partial charge in [0.05, 0.1) is 28.8 Å². The summed E-state index contributed by atoms with van der Waals surface area (Å²) in [5.41, 5.74) is 6.42. The number of terminal acetylenes is 1. The van der Waals surface area contributed by atoms with E-state index in [0.717, 1.165) is 4.90 Å². The van der Waals surface area contributed by atoms with E-state index in [4.69, 9.17) is 18.0 Å². The minimum atomic E-state index is -3.54. The molecular weight excluding hydrogens is 486 g/mol. The Morgan fingerprint density at radius 2 is 1.92 bits per heavy atom. The van der Waals surface area contributed by atoms with Gasteiger partial charge in [-0.1, -0.05) is 36.4 Å². The average Bonchev–Trinajstić information content (AvgIpc) is 3.34. The highest BCUT2D eigenvalue weighted by molar-refractivity contribution is 6.33. The first-order valence-electron chi connectivity index (χ1n) is 10.8. The van der Waals surface area contributed by atoms with Crippen molar-refractivity contribution in [3.05, 3.63) is 77.5 Å². The molecule has 0 atom stereocenters. The first-order chi connectivity index (χ1) is 17.3. The number of hydrogen-bond donors (Lipinski definition) is 2. The summed E-state index contributed by atoms with van der Waals surface area (Å²) in [4.78, 5) is 9.23. The van der Waals surface area contributed by atoms with Crippen LogP contribution in [0.1, 0.15) is 17.0 Å². The van der Waals surface area contributed by atoms with Gasteiger partial charge < -0.3 is 4.90 Å². The maximum absolute atomic E-state index is 16.2. The zero-order valence-electron chi connectivity index (χ0n) is 19.8. The van der Waals surface area contributed by atoms with Crippen molar-refractivity contribution in [2.24, 2.45) is 0 Å². The highest BCUT2D eigenvalue weighted by Crippen LogP contribution is 2.40. The first kappa shape index (κ1) is 25.1. The Balaban J connectivity index is 1.85. The lowest BCUT2D eigenvalue weighted by atomic mass is 10.1. The number of pyridine rings is 2. The van der Waals surface area contributed by atoms with E-state index in [1.807, 2.05) is 0 Å². The lowest BCUT2D eigenvalue weighted by molar-refractivity contribution is -0.00971. The lowest BCUT2D eigenvalue weighted by Crippen LogP contribution is -2.45. The molecular formula is C25H23ClF2N8. The minimum absolute atomic E-state index is 0.0976. The molecule has 0 unspecified atom stereocenters. The Hall–Kier alpha value is -4.04. The maximum atomic E-state index is 16.2. The zero-order chi connectivity index (χ0) is 26.0. The van der Waals surface area contributed by atoms with Crippen molar-refractivity contribution in [3.8, 4) is 18.0 Å². The quantitative estimate of drug-likeness (QED) is 0.208. The number of hydrogen-bond acceptors (Lipinski definition) is 7. The summed E-state index contributed by atoms with van der Waals surface area (Å²) in [7, 11) is 4.59. The van der Waals surface area contributed by atoms with Crippen LogP contribution in [0.15, 0.2) is 55.5 Å². The highest BCUT2D eigenvalue weighted by Gasteiger charge is 2.43. The maximum Gasteiger partial charge on any atom is 0.370 e. The van der Waals surface area contributed by atoms with E-state index in [9.17, 15) is 0 Å². The van der Waals surface area contributed by atoms with Gasteiger partial charge in [-0.05, 0) is 24.1 Å². The third-order valence-electron chi connectivity index (χ3n) is 5.73. The molecule has 2 N–H and O–H groups in total. The van der Waals surface area contributed by atoms with Crippen LogP contribution in [0, 0.1) is 12.3 Å². The largest absolute Gasteiger partial charge is 0.370 e. The van der Waals surface area contributed by atoms with Gasteiger partial charge in [0.2, 0.25) is 0 Å². The number of aromatic nitrogens is 4. The Bertz CT molecular complexity index is 1470. The zero-order valence-corrected chi connectivity index (χ0v) is 20.6.